The van der Waals surface area contributed by atoms with E-state index in [2.05, 4.69) is 16.0 Å². The van der Waals surface area contributed by atoms with Crippen LogP contribution in [-0.2, 0) is 27.2 Å². The average molecular weight is 438 g/mol. The Morgan fingerprint density at radius 1 is 0.719 bits per heavy atom. The molecule has 6 heteroatoms. The van der Waals surface area contributed by atoms with Crippen LogP contribution in [0.25, 0.3) is 0 Å². The molecule has 0 bridgehead atoms. The predicted molar refractivity (Wildman–Crippen MR) is 127 cm³/mol. The van der Waals surface area contributed by atoms with Gasteiger partial charge in [0.05, 0.1) is 12.6 Å². The topological polar surface area (TPSA) is 87.3 Å². The third kappa shape index (κ3) is 8.63. The molecule has 2 aromatic rings. The van der Waals surface area contributed by atoms with Gasteiger partial charge in [0.2, 0.25) is 11.8 Å². The van der Waals surface area contributed by atoms with Crippen LogP contribution in [0.3, 0.4) is 0 Å². The van der Waals surface area contributed by atoms with Crippen LogP contribution in [0.1, 0.15) is 38.8 Å². The van der Waals surface area contributed by atoms with Crippen LogP contribution in [-0.4, -0.2) is 42.3 Å². The molecule has 32 heavy (non-hydrogen) atoms. The molecule has 0 heterocycles. The Labute approximate surface area is 191 Å². The fourth-order valence-corrected chi connectivity index (χ4v) is 3.35. The second kappa shape index (κ2) is 12.8. The van der Waals surface area contributed by atoms with Crippen LogP contribution in [0.15, 0.2) is 60.7 Å². The van der Waals surface area contributed by atoms with E-state index in [1.807, 2.05) is 88.4 Å². The van der Waals surface area contributed by atoms with Crippen molar-refractivity contribution in [2.45, 2.75) is 58.7 Å². The minimum Gasteiger partial charge on any atom is -0.344 e. The van der Waals surface area contributed by atoms with Gasteiger partial charge >= 0.3 is 0 Å². The zero-order chi connectivity index (χ0) is 23.5. The van der Waals surface area contributed by atoms with E-state index in [4.69, 9.17) is 0 Å². The minimum atomic E-state index is -0.780. The summed E-state index contributed by atoms with van der Waals surface area (Å²) in [6.07, 6.45) is 0.749. The number of ketones is 1. The molecule has 0 saturated carbocycles. The lowest BCUT2D eigenvalue weighted by Gasteiger charge is -2.24. The molecule has 3 N–H and O–H groups in total. The highest BCUT2D eigenvalue weighted by Crippen LogP contribution is 2.10. The Bertz CT molecular complexity index is 866. The summed E-state index contributed by atoms with van der Waals surface area (Å²) in [6.45, 7) is 7.68. The Hall–Kier alpha value is -2.99. The van der Waals surface area contributed by atoms with Crippen LogP contribution in [0.2, 0.25) is 0 Å². The van der Waals surface area contributed by atoms with Crippen LogP contribution in [0, 0.1) is 5.92 Å². The monoisotopic (exact) mass is 437 g/mol. The number of hydrogen-bond donors (Lipinski definition) is 3. The quantitative estimate of drug-likeness (QED) is 0.476. The molecule has 0 aliphatic carbocycles. The molecule has 2 atom stereocenters. The fraction of sp³-hybridized carbons (Fsp3) is 0.423. The molecule has 2 aromatic carbocycles. The standard InChI is InChI=1S/C26H35N3O3/c1-18(2)25(31)22(15-20-11-7-5-8-12-20)29-26(32)23(16-21-13-9-6-10-14-21)28-24(30)17-27-19(3)4/h5-14,18-19,22-23,27H,15-17H2,1-4H3,(H,28,30)(H,29,32)/t22-,23-/m0/s1. The largest absolute Gasteiger partial charge is 0.344 e. The molecule has 172 valence electrons. The molecule has 0 aliphatic heterocycles. The maximum atomic E-state index is 13.3. The lowest BCUT2D eigenvalue weighted by Crippen LogP contribution is -2.54. The molecule has 2 amide bonds. The first kappa shape index (κ1) is 25.3. The SMILES string of the molecule is CC(C)NCC(=O)N[C@@H](Cc1ccccc1)C(=O)N[C@@H](Cc1ccccc1)C(=O)C(C)C. The van der Waals surface area contributed by atoms with Crippen molar-refractivity contribution in [3.8, 4) is 0 Å². The third-order valence-electron chi connectivity index (χ3n) is 5.12. The van der Waals surface area contributed by atoms with Crippen molar-refractivity contribution in [1.29, 1.82) is 0 Å². The van der Waals surface area contributed by atoms with Gasteiger partial charge in [0.1, 0.15) is 6.04 Å². The second-order valence-electron chi connectivity index (χ2n) is 8.65. The van der Waals surface area contributed by atoms with Crippen molar-refractivity contribution in [3.05, 3.63) is 71.8 Å². The number of amides is 2. The highest BCUT2D eigenvalue weighted by atomic mass is 16.2. The molecule has 6 nitrogen and oxygen atoms in total. The van der Waals surface area contributed by atoms with Crippen LogP contribution in [0.5, 0.6) is 0 Å². The highest BCUT2D eigenvalue weighted by molar-refractivity contribution is 5.94. The molecular formula is C26H35N3O3. The molecule has 0 unspecified atom stereocenters. The molecule has 0 spiro atoms. The fourth-order valence-electron chi connectivity index (χ4n) is 3.35. The van der Waals surface area contributed by atoms with Gasteiger partial charge in [-0.25, -0.2) is 0 Å². The first-order valence-electron chi connectivity index (χ1n) is 11.2. The van der Waals surface area contributed by atoms with Gasteiger partial charge in [-0.2, -0.15) is 0 Å². The van der Waals surface area contributed by atoms with Crippen molar-refractivity contribution in [2.75, 3.05) is 6.54 Å². The van der Waals surface area contributed by atoms with Crippen LogP contribution >= 0.6 is 0 Å². The Morgan fingerprint density at radius 2 is 1.22 bits per heavy atom. The van der Waals surface area contributed by atoms with E-state index in [0.29, 0.717) is 12.8 Å². The molecule has 2 rings (SSSR count). The van der Waals surface area contributed by atoms with Gasteiger partial charge < -0.3 is 16.0 Å². The van der Waals surface area contributed by atoms with Crippen LogP contribution < -0.4 is 16.0 Å². The first-order valence-corrected chi connectivity index (χ1v) is 11.2. The van der Waals surface area contributed by atoms with Gasteiger partial charge in [0.25, 0.3) is 0 Å². The lowest BCUT2D eigenvalue weighted by molar-refractivity contribution is -0.132. The van der Waals surface area contributed by atoms with Gasteiger partial charge in [-0.15, -0.1) is 0 Å². The number of rotatable bonds is 12. The van der Waals surface area contributed by atoms with Gasteiger partial charge in [-0.05, 0) is 17.5 Å². The van der Waals surface area contributed by atoms with Crippen molar-refractivity contribution in [2.24, 2.45) is 5.92 Å². The second-order valence-corrected chi connectivity index (χ2v) is 8.65. The summed E-state index contributed by atoms with van der Waals surface area (Å²) in [5.41, 5.74) is 1.90. The van der Waals surface area contributed by atoms with Crippen molar-refractivity contribution in [1.82, 2.24) is 16.0 Å². The average Bonchev–Trinajstić information content (AvgIpc) is 2.77. The number of benzene rings is 2. The van der Waals surface area contributed by atoms with E-state index in [1.165, 1.54) is 0 Å². The minimum absolute atomic E-state index is 0.0338. The Kier molecular flexibility index (Phi) is 10.1. The van der Waals surface area contributed by atoms with E-state index < -0.39 is 12.1 Å². The maximum Gasteiger partial charge on any atom is 0.243 e. The summed E-state index contributed by atoms with van der Waals surface area (Å²) in [5.74, 6) is -0.874. The molecule has 0 saturated heterocycles. The van der Waals surface area contributed by atoms with Gasteiger partial charge in [0, 0.05) is 18.4 Å². The number of Topliss-reactive ketones (excluding diaryl/α,β-unsaturated/α-hetero) is 1. The van der Waals surface area contributed by atoms with E-state index in [9.17, 15) is 14.4 Å². The number of nitrogens with one attached hydrogen (secondary N) is 3. The van der Waals surface area contributed by atoms with Gasteiger partial charge in [-0.3, -0.25) is 14.4 Å². The lowest BCUT2D eigenvalue weighted by atomic mass is 9.95. The van der Waals surface area contributed by atoms with Gasteiger partial charge in [0.15, 0.2) is 5.78 Å². The summed E-state index contributed by atoms with van der Waals surface area (Å²) >= 11 is 0. The zero-order valence-corrected chi connectivity index (χ0v) is 19.4. The third-order valence-corrected chi connectivity index (χ3v) is 5.12. The van der Waals surface area contributed by atoms with Crippen LogP contribution in [0.4, 0.5) is 0 Å². The predicted octanol–water partition coefficient (Wildman–Crippen LogP) is 2.66. The van der Waals surface area contributed by atoms with E-state index in [-0.39, 0.29) is 36.1 Å². The zero-order valence-electron chi connectivity index (χ0n) is 19.4. The molecule has 0 aliphatic rings. The smallest absolute Gasteiger partial charge is 0.243 e. The number of carbonyl (C=O) groups excluding carboxylic acids is 3. The molecule has 0 radical (unpaired) electrons. The Morgan fingerprint density at radius 3 is 1.69 bits per heavy atom. The number of carbonyl (C=O) groups is 3. The maximum absolute atomic E-state index is 13.3. The van der Waals surface area contributed by atoms with E-state index in [1.54, 1.807) is 0 Å². The summed E-state index contributed by atoms with van der Waals surface area (Å²) in [6, 6.07) is 17.9. The summed E-state index contributed by atoms with van der Waals surface area (Å²) in [5, 5.41) is 8.81. The summed E-state index contributed by atoms with van der Waals surface area (Å²) < 4.78 is 0. The highest BCUT2D eigenvalue weighted by Gasteiger charge is 2.28. The summed E-state index contributed by atoms with van der Waals surface area (Å²) in [7, 11) is 0. The molecule has 0 aromatic heterocycles. The normalized spacial score (nSPS) is 12.9. The van der Waals surface area contributed by atoms with E-state index in [0.717, 1.165) is 11.1 Å². The van der Waals surface area contributed by atoms with Crippen molar-refractivity contribution < 1.29 is 14.4 Å². The number of hydrogen-bond acceptors (Lipinski definition) is 4. The van der Waals surface area contributed by atoms with E-state index >= 15 is 0 Å². The van der Waals surface area contributed by atoms with Crippen molar-refractivity contribution in [3.63, 3.8) is 0 Å². The molecular weight excluding hydrogens is 402 g/mol. The van der Waals surface area contributed by atoms with Gasteiger partial charge in [-0.1, -0.05) is 88.4 Å². The first-order chi connectivity index (χ1) is 15.3. The molecule has 0 fully saturated rings. The summed E-state index contributed by atoms with van der Waals surface area (Å²) in [4.78, 5) is 38.6. The van der Waals surface area contributed by atoms with Crippen molar-refractivity contribution >= 4 is 17.6 Å². The Balaban J connectivity index is 2.17.